The normalized spacial score (nSPS) is 41.0. The maximum absolute atomic E-state index is 11.6. The number of amides is 1. The molecule has 1 aliphatic carbocycles. The van der Waals surface area contributed by atoms with Gasteiger partial charge < -0.3 is 5.32 Å². The molecule has 0 aromatic rings. The Morgan fingerprint density at radius 1 is 1.07 bits per heavy atom. The summed E-state index contributed by atoms with van der Waals surface area (Å²) in [5, 5.41) is 4.92. The molecule has 1 amide bonds. The second-order valence-electron chi connectivity index (χ2n) is 4.91. The van der Waals surface area contributed by atoms with E-state index < -0.39 is 0 Å². The Bertz CT molecular complexity index is 240. The van der Waals surface area contributed by atoms with Gasteiger partial charge in [0.2, 0.25) is 5.91 Å². The van der Waals surface area contributed by atoms with Gasteiger partial charge in [-0.3, -0.25) is 4.79 Å². The molecule has 14 heavy (non-hydrogen) atoms. The monoisotopic (exact) mass is 211 g/mol. The number of thioether (sulfide) groups is 1. The molecule has 3 aliphatic rings. The maximum atomic E-state index is 11.6. The Hall–Kier alpha value is -0.180. The second kappa shape index (κ2) is 3.44. The summed E-state index contributed by atoms with van der Waals surface area (Å²) >= 11 is 2.16. The lowest BCUT2D eigenvalue weighted by Gasteiger charge is -2.28. The molecule has 3 rings (SSSR count). The van der Waals surface area contributed by atoms with Crippen molar-refractivity contribution < 1.29 is 4.79 Å². The number of nitrogens with one attached hydrogen (secondary N) is 1. The van der Waals surface area contributed by atoms with Gasteiger partial charge in [-0.1, -0.05) is 0 Å². The van der Waals surface area contributed by atoms with Gasteiger partial charge in [-0.05, 0) is 38.5 Å². The third-order valence-corrected chi connectivity index (χ3v) is 5.21. The van der Waals surface area contributed by atoms with Gasteiger partial charge in [0.05, 0.1) is 0 Å². The van der Waals surface area contributed by atoms with Gasteiger partial charge >= 0.3 is 0 Å². The predicted octanol–water partition coefficient (Wildman–Crippen LogP) is 1.94. The molecular weight excluding hydrogens is 194 g/mol. The number of carbonyl (C=O) groups is 1. The predicted molar refractivity (Wildman–Crippen MR) is 58.3 cm³/mol. The Labute approximate surface area is 89.2 Å². The van der Waals surface area contributed by atoms with Crippen LogP contribution < -0.4 is 5.32 Å². The Morgan fingerprint density at radius 2 is 1.71 bits per heavy atom. The van der Waals surface area contributed by atoms with Crippen LogP contribution in [0, 0.1) is 5.92 Å². The fourth-order valence-electron chi connectivity index (χ4n) is 2.64. The first-order valence-electron chi connectivity index (χ1n) is 5.77. The minimum absolute atomic E-state index is 0.335. The summed E-state index contributed by atoms with van der Waals surface area (Å²) < 4.78 is 0. The van der Waals surface area contributed by atoms with Crippen molar-refractivity contribution in [3.63, 3.8) is 0 Å². The van der Waals surface area contributed by atoms with Crippen molar-refractivity contribution in [2.45, 2.75) is 55.1 Å². The van der Waals surface area contributed by atoms with Gasteiger partial charge in [-0.15, -0.1) is 0 Å². The molecule has 1 N–H and O–H groups in total. The zero-order valence-corrected chi connectivity index (χ0v) is 9.19. The van der Waals surface area contributed by atoms with Crippen LogP contribution in [-0.2, 0) is 4.79 Å². The largest absolute Gasteiger partial charge is 0.353 e. The third kappa shape index (κ3) is 1.79. The lowest BCUT2D eigenvalue weighted by atomic mass is 10.1. The highest BCUT2D eigenvalue weighted by atomic mass is 32.2. The van der Waals surface area contributed by atoms with Crippen molar-refractivity contribution in [3.8, 4) is 0 Å². The zero-order valence-electron chi connectivity index (χ0n) is 8.37. The molecule has 1 saturated carbocycles. The van der Waals surface area contributed by atoms with Crippen LogP contribution >= 0.6 is 11.8 Å². The molecule has 3 fully saturated rings. The minimum atomic E-state index is 0.335. The molecule has 78 valence electrons. The van der Waals surface area contributed by atoms with Crippen LogP contribution in [0.15, 0.2) is 0 Å². The average Bonchev–Trinajstić information content (AvgIpc) is 2.94. The van der Waals surface area contributed by atoms with Crippen LogP contribution in [-0.4, -0.2) is 22.4 Å². The summed E-state index contributed by atoms with van der Waals surface area (Å²) in [5.41, 5.74) is 0. The first-order valence-corrected chi connectivity index (χ1v) is 6.71. The van der Waals surface area contributed by atoms with Crippen LogP contribution in [0.5, 0.6) is 0 Å². The van der Waals surface area contributed by atoms with Gasteiger partial charge in [-0.25, -0.2) is 0 Å². The first-order chi connectivity index (χ1) is 6.81. The van der Waals surface area contributed by atoms with E-state index in [2.05, 4.69) is 17.1 Å². The van der Waals surface area contributed by atoms with E-state index in [1.54, 1.807) is 0 Å². The lowest BCUT2D eigenvalue weighted by Crippen LogP contribution is -2.40. The van der Waals surface area contributed by atoms with Crippen LogP contribution in [0.25, 0.3) is 0 Å². The number of rotatable bonds is 2. The lowest BCUT2D eigenvalue weighted by molar-refractivity contribution is -0.123. The molecule has 2 heterocycles. The Balaban J connectivity index is 1.55. The van der Waals surface area contributed by atoms with E-state index in [-0.39, 0.29) is 0 Å². The van der Waals surface area contributed by atoms with Crippen molar-refractivity contribution in [2.24, 2.45) is 5.92 Å². The fourth-order valence-corrected chi connectivity index (χ4v) is 4.42. The SMILES string of the molecule is O=C(NC1CC2CCC(C1)S2)C1CC1. The smallest absolute Gasteiger partial charge is 0.223 e. The Morgan fingerprint density at radius 3 is 2.29 bits per heavy atom. The number of carbonyl (C=O) groups excluding carboxylic acids is 1. The molecule has 2 saturated heterocycles. The Kier molecular flexibility index (Phi) is 2.23. The van der Waals surface area contributed by atoms with E-state index in [1.165, 1.54) is 25.7 Å². The topological polar surface area (TPSA) is 29.1 Å². The summed E-state index contributed by atoms with van der Waals surface area (Å²) in [5.74, 6) is 0.712. The van der Waals surface area contributed by atoms with Crippen molar-refractivity contribution in [1.82, 2.24) is 5.32 Å². The molecule has 2 atom stereocenters. The number of hydrogen-bond donors (Lipinski definition) is 1. The highest BCUT2D eigenvalue weighted by Gasteiger charge is 2.37. The van der Waals surface area contributed by atoms with Crippen molar-refractivity contribution in [3.05, 3.63) is 0 Å². The first kappa shape index (κ1) is 9.08. The van der Waals surface area contributed by atoms with E-state index in [0.717, 1.165) is 23.3 Å². The third-order valence-electron chi connectivity index (χ3n) is 3.58. The zero-order chi connectivity index (χ0) is 9.54. The quantitative estimate of drug-likeness (QED) is 0.756. The van der Waals surface area contributed by atoms with Crippen molar-refractivity contribution in [2.75, 3.05) is 0 Å². The van der Waals surface area contributed by atoms with Gasteiger partial charge in [0, 0.05) is 22.5 Å². The summed E-state index contributed by atoms with van der Waals surface area (Å²) in [6, 6.07) is 0.502. The molecule has 2 nitrogen and oxygen atoms in total. The van der Waals surface area contributed by atoms with Gasteiger partial charge in [0.15, 0.2) is 0 Å². The summed E-state index contributed by atoms with van der Waals surface area (Å²) in [6.45, 7) is 0. The molecule has 0 aromatic carbocycles. The maximum Gasteiger partial charge on any atom is 0.223 e. The van der Waals surface area contributed by atoms with E-state index >= 15 is 0 Å². The van der Waals surface area contributed by atoms with E-state index in [4.69, 9.17) is 0 Å². The molecular formula is C11H17NOS. The van der Waals surface area contributed by atoms with Gasteiger partial charge in [-0.2, -0.15) is 11.8 Å². The molecule has 2 bridgehead atoms. The second-order valence-corrected chi connectivity index (χ2v) is 6.51. The average molecular weight is 211 g/mol. The number of hydrogen-bond acceptors (Lipinski definition) is 2. The van der Waals surface area contributed by atoms with Gasteiger partial charge in [0.1, 0.15) is 0 Å². The summed E-state index contributed by atoms with van der Waals surface area (Å²) in [7, 11) is 0. The van der Waals surface area contributed by atoms with Crippen molar-refractivity contribution in [1.29, 1.82) is 0 Å². The number of fused-ring (bicyclic) bond motifs is 2. The minimum Gasteiger partial charge on any atom is -0.353 e. The standard InChI is InChI=1S/C11H17NOS/c13-11(7-1-2-7)12-8-5-9-3-4-10(6-8)14-9/h7-10H,1-6H2,(H,12,13). The van der Waals surface area contributed by atoms with E-state index in [1.807, 2.05) is 0 Å². The molecule has 3 heteroatoms. The molecule has 0 aromatic heterocycles. The van der Waals surface area contributed by atoms with Gasteiger partial charge in [0.25, 0.3) is 0 Å². The van der Waals surface area contributed by atoms with Crippen LogP contribution in [0.3, 0.4) is 0 Å². The molecule has 0 spiro atoms. The molecule has 0 radical (unpaired) electrons. The summed E-state index contributed by atoms with van der Waals surface area (Å²) in [6.07, 6.45) is 7.45. The van der Waals surface area contributed by atoms with Crippen LogP contribution in [0.1, 0.15) is 38.5 Å². The fraction of sp³-hybridized carbons (Fsp3) is 0.909. The molecule has 2 aliphatic heterocycles. The van der Waals surface area contributed by atoms with E-state index in [9.17, 15) is 4.79 Å². The highest BCUT2D eigenvalue weighted by molar-refractivity contribution is 8.00. The van der Waals surface area contributed by atoms with Crippen molar-refractivity contribution >= 4 is 17.7 Å². The summed E-state index contributed by atoms with van der Waals surface area (Å²) in [4.78, 5) is 11.6. The van der Waals surface area contributed by atoms with Crippen LogP contribution in [0.2, 0.25) is 0 Å². The van der Waals surface area contributed by atoms with Crippen LogP contribution in [0.4, 0.5) is 0 Å². The molecule has 2 unspecified atom stereocenters. The van der Waals surface area contributed by atoms with E-state index in [0.29, 0.717) is 17.9 Å². The highest BCUT2D eigenvalue weighted by Crippen LogP contribution is 2.43.